The van der Waals surface area contributed by atoms with Gasteiger partial charge in [0.25, 0.3) is 5.91 Å². The normalized spacial score (nSPS) is 17.4. The molecule has 0 bridgehead atoms. The number of carbonyl (C=O) groups is 2. The molecular weight excluding hydrogens is 232 g/mol. The number of aromatic nitrogens is 1. The van der Waals surface area contributed by atoms with Gasteiger partial charge in [0.1, 0.15) is 5.69 Å². The third-order valence-electron chi connectivity index (χ3n) is 3.36. The molecule has 0 aliphatic heterocycles. The van der Waals surface area contributed by atoms with Gasteiger partial charge in [0.15, 0.2) is 0 Å². The molecule has 0 unspecified atom stereocenters. The zero-order valence-corrected chi connectivity index (χ0v) is 10.3. The summed E-state index contributed by atoms with van der Waals surface area (Å²) in [5, 5.41) is 11.8. The molecule has 1 aromatic rings. The number of aromatic carboxylic acids is 1. The minimum absolute atomic E-state index is 0.112. The highest BCUT2D eigenvalue weighted by atomic mass is 16.4. The smallest absolute Gasteiger partial charge is 0.354 e. The first-order chi connectivity index (χ1) is 8.50. The van der Waals surface area contributed by atoms with Gasteiger partial charge < -0.3 is 10.4 Å². The highest BCUT2D eigenvalue weighted by Crippen LogP contribution is 2.29. The summed E-state index contributed by atoms with van der Waals surface area (Å²) < 4.78 is 0. The fraction of sp³-hybridized carbons (Fsp3) is 0.462. The molecule has 18 heavy (non-hydrogen) atoms. The number of carboxylic acids is 1. The lowest BCUT2D eigenvalue weighted by atomic mass is 10.00. The van der Waals surface area contributed by atoms with E-state index in [4.69, 9.17) is 5.11 Å². The molecule has 0 aromatic carbocycles. The Kier molecular flexibility index (Phi) is 3.32. The van der Waals surface area contributed by atoms with E-state index in [1.165, 1.54) is 18.3 Å². The van der Waals surface area contributed by atoms with Crippen LogP contribution < -0.4 is 5.32 Å². The van der Waals surface area contributed by atoms with E-state index >= 15 is 0 Å². The third-order valence-corrected chi connectivity index (χ3v) is 3.36. The van der Waals surface area contributed by atoms with Crippen molar-refractivity contribution in [1.29, 1.82) is 0 Å². The number of carboxylic acid groups (broad SMARTS) is 1. The summed E-state index contributed by atoms with van der Waals surface area (Å²) in [6.07, 6.45) is 5.52. The largest absolute Gasteiger partial charge is 0.477 e. The van der Waals surface area contributed by atoms with Crippen LogP contribution in [0.2, 0.25) is 0 Å². The molecule has 0 atom stereocenters. The summed E-state index contributed by atoms with van der Waals surface area (Å²) in [5.74, 6) is -1.36. The molecule has 1 aliphatic rings. The van der Waals surface area contributed by atoms with E-state index in [0.717, 1.165) is 25.7 Å². The molecule has 2 rings (SSSR count). The maximum atomic E-state index is 12.0. The zero-order chi connectivity index (χ0) is 13.2. The number of nitrogens with zero attached hydrogens (tertiary/aromatic N) is 1. The van der Waals surface area contributed by atoms with E-state index in [0.29, 0.717) is 5.56 Å². The molecule has 0 saturated heterocycles. The average Bonchev–Trinajstić information content (AvgIpc) is 2.76. The van der Waals surface area contributed by atoms with Gasteiger partial charge >= 0.3 is 5.97 Å². The molecule has 1 fully saturated rings. The van der Waals surface area contributed by atoms with Crippen molar-refractivity contribution >= 4 is 11.9 Å². The van der Waals surface area contributed by atoms with Crippen molar-refractivity contribution in [2.45, 2.75) is 38.1 Å². The number of nitrogens with one attached hydrogen (secondary N) is 1. The van der Waals surface area contributed by atoms with Gasteiger partial charge in [-0.05, 0) is 31.9 Å². The third kappa shape index (κ3) is 2.67. The Bertz CT molecular complexity index is 479. The van der Waals surface area contributed by atoms with Gasteiger partial charge in [-0.3, -0.25) is 4.79 Å². The van der Waals surface area contributed by atoms with Crippen molar-refractivity contribution in [2.75, 3.05) is 0 Å². The standard InChI is InChI=1S/C13H16N2O3/c1-13(5-2-3-6-13)15-11(16)9-4-7-14-10(8-9)12(17)18/h4,7-8H,2-3,5-6H2,1H3,(H,15,16)(H,17,18). The van der Waals surface area contributed by atoms with Gasteiger partial charge in [-0.25, -0.2) is 9.78 Å². The first-order valence-electron chi connectivity index (χ1n) is 6.02. The van der Waals surface area contributed by atoms with Crippen LogP contribution in [0.5, 0.6) is 0 Å². The SMILES string of the molecule is CC1(NC(=O)c2ccnc(C(=O)O)c2)CCCC1. The van der Waals surface area contributed by atoms with Crippen LogP contribution in [0, 0.1) is 0 Å². The Hall–Kier alpha value is -1.91. The second-order valence-corrected chi connectivity index (χ2v) is 4.96. The Morgan fingerprint density at radius 3 is 2.67 bits per heavy atom. The molecule has 0 radical (unpaired) electrons. The predicted molar refractivity (Wildman–Crippen MR) is 65.5 cm³/mol. The minimum Gasteiger partial charge on any atom is -0.477 e. The lowest BCUT2D eigenvalue weighted by molar-refractivity contribution is 0.0690. The Labute approximate surface area is 105 Å². The zero-order valence-electron chi connectivity index (χ0n) is 10.3. The van der Waals surface area contributed by atoms with Crippen molar-refractivity contribution in [3.63, 3.8) is 0 Å². The molecule has 5 heteroatoms. The summed E-state index contributed by atoms with van der Waals surface area (Å²) in [4.78, 5) is 26.5. The topological polar surface area (TPSA) is 79.3 Å². The molecule has 2 N–H and O–H groups in total. The number of amides is 1. The van der Waals surface area contributed by atoms with E-state index < -0.39 is 5.97 Å². The van der Waals surface area contributed by atoms with E-state index in [-0.39, 0.29) is 17.1 Å². The number of hydrogen-bond acceptors (Lipinski definition) is 3. The van der Waals surface area contributed by atoms with Crippen molar-refractivity contribution in [3.05, 3.63) is 29.6 Å². The predicted octanol–water partition coefficient (Wildman–Crippen LogP) is 1.84. The fourth-order valence-electron chi connectivity index (χ4n) is 2.32. The van der Waals surface area contributed by atoms with Crippen LogP contribution in [0.1, 0.15) is 53.5 Å². The Balaban J connectivity index is 2.13. The van der Waals surface area contributed by atoms with Gasteiger partial charge in [-0.15, -0.1) is 0 Å². The molecule has 1 aromatic heterocycles. The van der Waals surface area contributed by atoms with Gasteiger partial charge in [-0.1, -0.05) is 12.8 Å². The monoisotopic (exact) mass is 248 g/mol. The molecular formula is C13H16N2O3. The highest BCUT2D eigenvalue weighted by molar-refractivity contribution is 5.97. The first-order valence-corrected chi connectivity index (χ1v) is 6.02. The minimum atomic E-state index is -1.13. The molecule has 1 saturated carbocycles. The molecule has 96 valence electrons. The fourth-order valence-corrected chi connectivity index (χ4v) is 2.32. The van der Waals surface area contributed by atoms with E-state index in [2.05, 4.69) is 10.3 Å². The lowest BCUT2D eigenvalue weighted by Crippen LogP contribution is -2.43. The maximum absolute atomic E-state index is 12.0. The van der Waals surface area contributed by atoms with Gasteiger partial charge in [-0.2, -0.15) is 0 Å². The van der Waals surface area contributed by atoms with Gasteiger partial charge in [0, 0.05) is 17.3 Å². The number of hydrogen-bond donors (Lipinski definition) is 2. The molecule has 5 nitrogen and oxygen atoms in total. The van der Waals surface area contributed by atoms with Crippen molar-refractivity contribution in [3.8, 4) is 0 Å². The van der Waals surface area contributed by atoms with Gasteiger partial charge in [0.05, 0.1) is 0 Å². The summed E-state index contributed by atoms with van der Waals surface area (Å²) >= 11 is 0. The summed E-state index contributed by atoms with van der Waals surface area (Å²) in [6, 6.07) is 2.83. The summed E-state index contributed by atoms with van der Waals surface area (Å²) in [6.45, 7) is 2.02. The maximum Gasteiger partial charge on any atom is 0.354 e. The van der Waals surface area contributed by atoms with Crippen molar-refractivity contribution in [2.24, 2.45) is 0 Å². The Morgan fingerprint density at radius 1 is 1.39 bits per heavy atom. The summed E-state index contributed by atoms with van der Waals surface area (Å²) in [7, 11) is 0. The number of pyridine rings is 1. The Morgan fingerprint density at radius 2 is 2.06 bits per heavy atom. The number of rotatable bonds is 3. The molecule has 1 amide bonds. The van der Waals surface area contributed by atoms with E-state index in [9.17, 15) is 9.59 Å². The van der Waals surface area contributed by atoms with Crippen molar-refractivity contribution in [1.82, 2.24) is 10.3 Å². The number of carbonyl (C=O) groups excluding carboxylic acids is 1. The molecule has 1 aliphatic carbocycles. The second-order valence-electron chi connectivity index (χ2n) is 4.96. The van der Waals surface area contributed by atoms with Crippen LogP contribution in [0.15, 0.2) is 18.3 Å². The first kappa shape index (κ1) is 12.5. The van der Waals surface area contributed by atoms with Crippen LogP contribution in [0.3, 0.4) is 0 Å². The van der Waals surface area contributed by atoms with Crippen LogP contribution in [-0.4, -0.2) is 27.5 Å². The molecule has 0 spiro atoms. The quantitative estimate of drug-likeness (QED) is 0.855. The van der Waals surface area contributed by atoms with Gasteiger partial charge in [0.2, 0.25) is 0 Å². The van der Waals surface area contributed by atoms with Crippen LogP contribution in [0.25, 0.3) is 0 Å². The van der Waals surface area contributed by atoms with Crippen LogP contribution in [0.4, 0.5) is 0 Å². The lowest BCUT2D eigenvalue weighted by Gasteiger charge is -2.25. The second kappa shape index (κ2) is 4.76. The highest BCUT2D eigenvalue weighted by Gasteiger charge is 2.30. The van der Waals surface area contributed by atoms with Crippen LogP contribution >= 0.6 is 0 Å². The average molecular weight is 248 g/mol. The summed E-state index contributed by atoms with van der Waals surface area (Å²) in [5.41, 5.74) is 0.0683. The molecule has 1 heterocycles. The van der Waals surface area contributed by atoms with Crippen LogP contribution in [-0.2, 0) is 0 Å². The van der Waals surface area contributed by atoms with E-state index in [1.807, 2.05) is 6.92 Å². The van der Waals surface area contributed by atoms with E-state index in [1.54, 1.807) is 0 Å². The van der Waals surface area contributed by atoms with Crippen molar-refractivity contribution < 1.29 is 14.7 Å².